The van der Waals surface area contributed by atoms with Crippen LogP contribution in [0.15, 0.2) is 42.5 Å². The predicted octanol–water partition coefficient (Wildman–Crippen LogP) is 5.09. The van der Waals surface area contributed by atoms with Gasteiger partial charge in [-0.25, -0.2) is 9.78 Å². The first kappa shape index (κ1) is 17.9. The Morgan fingerprint density at radius 2 is 1.73 bits per heavy atom. The van der Waals surface area contributed by atoms with E-state index in [1.807, 2.05) is 64.1 Å². The average Bonchev–Trinajstić information content (AvgIpc) is 2.60. The number of carbonyl (C=O) groups excluding carboxylic acids is 1. The Balaban J connectivity index is 2.23. The molecule has 4 heteroatoms. The van der Waals surface area contributed by atoms with Gasteiger partial charge in [-0.3, -0.25) is 0 Å². The van der Waals surface area contributed by atoms with Gasteiger partial charge < -0.3 is 9.47 Å². The summed E-state index contributed by atoms with van der Waals surface area (Å²) in [6, 6.07) is 13.5. The lowest BCUT2D eigenvalue weighted by Gasteiger charge is -2.14. The fraction of sp³-hybridized carbons (Fsp3) is 0.273. The maximum absolute atomic E-state index is 12.7. The van der Waals surface area contributed by atoms with Crippen LogP contribution in [0.4, 0.5) is 0 Å². The Labute approximate surface area is 153 Å². The van der Waals surface area contributed by atoms with Crippen molar-refractivity contribution in [2.24, 2.45) is 0 Å². The third kappa shape index (κ3) is 3.54. The highest BCUT2D eigenvalue weighted by atomic mass is 16.5. The summed E-state index contributed by atoms with van der Waals surface area (Å²) in [6.45, 7) is 7.73. The van der Waals surface area contributed by atoms with Crippen LogP contribution in [0.5, 0.6) is 5.75 Å². The SMILES string of the molecule is COc1ccc(-c2cc(C(=O)OC(C)C)c3cc(C)cc(C)c3n2)cc1. The number of rotatable bonds is 4. The molecule has 0 saturated heterocycles. The number of hydrogen-bond acceptors (Lipinski definition) is 4. The Morgan fingerprint density at radius 3 is 2.35 bits per heavy atom. The maximum Gasteiger partial charge on any atom is 0.339 e. The fourth-order valence-electron chi connectivity index (χ4n) is 3.04. The van der Waals surface area contributed by atoms with Crippen LogP contribution in [0.25, 0.3) is 22.2 Å². The highest BCUT2D eigenvalue weighted by Crippen LogP contribution is 2.29. The molecule has 0 amide bonds. The number of pyridine rings is 1. The van der Waals surface area contributed by atoms with Crippen molar-refractivity contribution >= 4 is 16.9 Å². The molecule has 3 aromatic rings. The van der Waals surface area contributed by atoms with Crippen molar-refractivity contribution in [2.75, 3.05) is 7.11 Å². The topological polar surface area (TPSA) is 48.4 Å². The average molecular weight is 349 g/mol. The lowest BCUT2D eigenvalue weighted by atomic mass is 10.00. The van der Waals surface area contributed by atoms with E-state index in [4.69, 9.17) is 14.5 Å². The highest BCUT2D eigenvalue weighted by molar-refractivity contribution is 6.05. The van der Waals surface area contributed by atoms with Crippen molar-refractivity contribution in [3.05, 3.63) is 59.2 Å². The number of esters is 1. The van der Waals surface area contributed by atoms with Gasteiger partial charge in [-0.1, -0.05) is 11.6 Å². The van der Waals surface area contributed by atoms with Gasteiger partial charge in [0.25, 0.3) is 0 Å². The molecule has 134 valence electrons. The third-order valence-electron chi connectivity index (χ3n) is 4.20. The van der Waals surface area contributed by atoms with Crippen molar-refractivity contribution < 1.29 is 14.3 Å². The minimum absolute atomic E-state index is 0.180. The standard InChI is InChI=1S/C22H23NO3/c1-13(2)26-22(24)19-12-20(16-6-8-17(25-5)9-7-16)23-21-15(4)10-14(3)11-18(19)21/h6-13H,1-5H3. The molecule has 2 aromatic carbocycles. The summed E-state index contributed by atoms with van der Waals surface area (Å²) in [5.41, 5.74) is 5.15. The number of benzene rings is 2. The summed E-state index contributed by atoms with van der Waals surface area (Å²) in [6.07, 6.45) is -0.180. The normalized spacial score (nSPS) is 11.0. The number of fused-ring (bicyclic) bond motifs is 1. The van der Waals surface area contributed by atoms with Crippen molar-refractivity contribution in [2.45, 2.75) is 33.8 Å². The number of aromatic nitrogens is 1. The van der Waals surface area contributed by atoms with E-state index in [2.05, 4.69) is 6.07 Å². The molecule has 0 atom stereocenters. The Bertz CT molecular complexity index is 959. The van der Waals surface area contributed by atoms with Gasteiger partial charge >= 0.3 is 5.97 Å². The van der Waals surface area contributed by atoms with Crippen LogP contribution in [0.1, 0.15) is 35.3 Å². The van der Waals surface area contributed by atoms with Gasteiger partial charge in [0.15, 0.2) is 0 Å². The molecule has 26 heavy (non-hydrogen) atoms. The summed E-state index contributed by atoms with van der Waals surface area (Å²) in [4.78, 5) is 17.5. The largest absolute Gasteiger partial charge is 0.497 e. The van der Waals surface area contributed by atoms with Gasteiger partial charge in [-0.05, 0) is 69.7 Å². The van der Waals surface area contributed by atoms with Gasteiger partial charge in [0, 0.05) is 10.9 Å². The zero-order valence-electron chi connectivity index (χ0n) is 15.8. The quantitative estimate of drug-likeness (QED) is 0.615. The van der Waals surface area contributed by atoms with Crippen LogP contribution in [-0.2, 0) is 4.74 Å². The van der Waals surface area contributed by atoms with Crippen molar-refractivity contribution in [1.82, 2.24) is 4.98 Å². The van der Waals surface area contributed by atoms with Crippen LogP contribution in [0.3, 0.4) is 0 Å². The Hall–Kier alpha value is -2.88. The smallest absolute Gasteiger partial charge is 0.339 e. The monoisotopic (exact) mass is 349 g/mol. The molecule has 1 heterocycles. The van der Waals surface area contributed by atoms with E-state index in [-0.39, 0.29) is 12.1 Å². The molecular weight excluding hydrogens is 326 g/mol. The number of carbonyl (C=O) groups is 1. The first-order valence-electron chi connectivity index (χ1n) is 8.66. The number of ether oxygens (including phenoxy) is 2. The Kier molecular flexibility index (Phi) is 4.94. The maximum atomic E-state index is 12.7. The number of aryl methyl sites for hydroxylation is 2. The van der Waals surface area contributed by atoms with Crippen LogP contribution in [0, 0.1) is 13.8 Å². The summed E-state index contributed by atoms with van der Waals surface area (Å²) in [5.74, 6) is 0.452. The predicted molar refractivity (Wildman–Crippen MR) is 104 cm³/mol. The fourth-order valence-corrected chi connectivity index (χ4v) is 3.04. The number of methoxy groups -OCH3 is 1. The molecule has 0 aliphatic rings. The molecule has 0 aliphatic carbocycles. The second-order valence-corrected chi connectivity index (χ2v) is 6.72. The first-order valence-corrected chi connectivity index (χ1v) is 8.66. The zero-order chi connectivity index (χ0) is 18.8. The van der Waals surface area contributed by atoms with Gasteiger partial charge in [-0.2, -0.15) is 0 Å². The van der Waals surface area contributed by atoms with E-state index in [1.54, 1.807) is 7.11 Å². The van der Waals surface area contributed by atoms with Crippen molar-refractivity contribution in [1.29, 1.82) is 0 Å². The van der Waals surface area contributed by atoms with Gasteiger partial charge in [0.1, 0.15) is 5.75 Å². The second kappa shape index (κ2) is 7.16. The number of hydrogen-bond donors (Lipinski definition) is 0. The highest BCUT2D eigenvalue weighted by Gasteiger charge is 2.18. The van der Waals surface area contributed by atoms with Crippen LogP contribution in [0.2, 0.25) is 0 Å². The third-order valence-corrected chi connectivity index (χ3v) is 4.20. The molecule has 0 aliphatic heterocycles. The van der Waals surface area contributed by atoms with Gasteiger partial charge in [0.05, 0.1) is 30.0 Å². The molecular formula is C22H23NO3. The summed E-state index contributed by atoms with van der Waals surface area (Å²) >= 11 is 0. The summed E-state index contributed by atoms with van der Waals surface area (Å²) in [7, 11) is 1.63. The van der Waals surface area contributed by atoms with E-state index in [0.717, 1.165) is 39.0 Å². The molecule has 0 unspecified atom stereocenters. The van der Waals surface area contributed by atoms with Crippen LogP contribution >= 0.6 is 0 Å². The van der Waals surface area contributed by atoms with E-state index >= 15 is 0 Å². The summed E-state index contributed by atoms with van der Waals surface area (Å²) in [5, 5.41) is 0.824. The second-order valence-electron chi connectivity index (χ2n) is 6.72. The lowest BCUT2D eigenvalue weighted by Crippen LogP contribution is -2.13. The Morgan fingerprint density at radius 1 is 1.04 bits per heavy atom. The van der Waals surface area contributed by atoms with Gasteiger partial charge in [0.2, 0.25) is 0 Å². The van der Waals surface area contributed by atoms with E-state index in [0.29, 0.717) is 5.56 Å². The van der Waals surface area contributed by atoms with E-state index in [1.165, 1.54) is 0 Å². The molecule has 4 nitrogen and oxygen atoms in total. The summed E-state index contributed by atoms with van der Waals surface area (Å²) < 4.78 is 10.7. The minimum atomic E-state index is -0.327. The molecule has 0 N–H and O–H groups in total. The zero-order valence-corrected chi connectivity index (χ0v) is 15.8. The molecule has 1 aromatic heterocycles. The first-order chi connectivity index (χ1) is 12.4. The van der Waals surface area contributed by atoms with Crippen LogP contribution in [-0.4, -0.2) is 24.2 Å². The molecule has 0 spiro atoms. The molecule has 0 bridgehead atoms. The van der Waals surface area contributed by atoms with Crippen molar-refractivity contribution in [3.8, 4) is 17.0 Å². The molecule has 3 rings (SSSR count). The molecule has 0 saturated carbocycles. The number of nitrogens with zero attached hydrogens (tertiary/aromatic N) is 1. The van der Waals surface area contributed by atoms with E-state index < -0.39 is 0 Å². The van der Waals surface area contributed by atoms with Crippen LogP contribution < -0.4 is 4.74 Å². The molecule has 0 fully saturated rings. The molecule has 0 radical (unpaired) electrons. The van der Waals surface area contributed by atoms with Crippen molar-refractivity contribution in [3.63, 3.8) is 0 Å². The minimum Gasteiger partial charge on any atom is -0.497 e. The lowest BCUT2D eigenvalue weighted by molar-refractivity contribution is 0.0380. The van der Waals surface area contributed by atoms with Gasteiger partial charge in [-0.15, -0.1) is 0 Å². The van der Waals surface area contributed by atoms with E-state index in [9.17, 15) is 4.79 Å².